The Bertz CT molecular complexity index is 225. The molecule has 0 radical (unpaired) electrons. The van der Waals surface area contributed by atoms with Gasteiger partial charge in [-0.25, -0.2) is 0 Å². The van der Waals surface area contributed by atoms with Gasteiger partial charge in [0.25, 0.3) is 0 Å². The quantitative estimate of drug-likeness (QED) is 0.642. The van der Waals surface area contributed by atoms with E-state index in [9.17, 15) is 4.79 Å². The second-order valence-electron chi connectivity index (χ2n) is 5.44. The lowest BCUT2D eigenvalue weighted by atomic mass is 10.1. The molecule has 1 aliphatic rings. The molecular formula is C15H30N2O. The molecule has 1 amide bonds. The molecule has 1 heterocycles. The van der Waals surface area contributed by atoms with Crippen molar-refractivity contribution < 1.29 is 4.79 Å². The van der Waals surface area contributed by atoms with Crippen LogP contribution in [0.4, 0.5) is 0 Å². The lowest BCUT2D eigenvalue weighted by molar-refractivity contribution is -0.131. The normalized spacial score (nSPS) is 19.1. The van der Waals surface area contributed by atoms with Crippen LogP contribution in [-0.2, 0) is 4.79 Å². The van der Waals surface area contributed by atoms with Gasteiger partial charge in [-0.05, 0) is 32.2 Å². The number of amides is 1. The van der Waals surface area contributed by atoms with Crippen molar-refractivity contribution in [2.45, 2.75) is 71.3 Å². The summed E-state index contributed by atoms with van der Waals surface area (Å²) in [6.45, 7) is 7.36. The summed E-state index contributed by atoms with van der Waals surface area (Å²) in [6.07, 6.45) is 8.94. The van der Waals surface area contributed by atoms with E-state index in [2.05, 4.69) is 24.1 Å². The van der Waals surface area contributed by atoms with E-state index < -0.39 is 0 Å². The van der Waals surface area contributed by atoms with Crippen LogP contribution in [0.3, 0.4) is 0 Å². The van der Waals surface area contributed by atoms with Crippen LogP contribution in [0.15, 0.2) is 0 Å². The minimum atomic E-state index is 0.366. The molecule has 18 heavy (non-hydrogen) atoms. The third kappa shape index (κ3) is 5.85. The van der Waals surface area contributed by atoms with Gasteiger partial charge in [0, 0.05) is 25.6 Å². The van der Waals surface area contributed by atoms with Crippen molar-refractivity contribution >= 4 is 5.91 Å². The van der Waals surface area contributed by atoms with Crippen LogP contribution < -0.4 is 5.32 Å². The van der Waals surface area contributed by atoms with Crippen molar-refractivity contribution in [3.8, 4) is 0 Å². The average Bonchev–Trinajstić information content (AvgIpc) is 2.87. The van der Waals surface area contributed by atoms with Gasteiger partial charge in [-0.3, -0.25) is 4.79 Å². The van der Waals surface area contributed by atoms with Crippen LogP contribution in [0, 0.1) is 0 Å². The summed E-state index contributed by atoms with van der Waals surface area (Å²) in [5.41, 5.74) is 0. The highest BCUT2D eigenvalue weighted by atomic mass is 16.2. The fourth-order valence-electron chi connectivity index (χ4n) is 2.53. The molecule has 1 rings (SSSR count). The van der Waals surface area contributed by atoms with Crippen molar-refractivity contribution in [3.05, 3.63) is 0 Å². The predicted octanol–water partition coefficient (Wildman–Crippen LogP) is 2.95. The summed E-state index contributed by atoms with van der Waals surface area (Å²) >= 11 is 0. The second kappa shape index (κ2) is 9.37. The molecule has 0 spiro atoms. The summed E-state index contributed by atoms with van der Waals surface area (Å²) in [5.74, 6) is 0.366. The Balaban J connectivity index is 2.34. The van der Waals surface area contributed by atoms with Gasteiger partial charge in [0.2, 0.25) is 5.91 Å². The predicted molar refractivity (Wildman–Crippen MR) is 76.7 cm³/mol. The van der Waals surface area contributed by atoms with Crippen molar-refractivity contribution in [2.24, 2.45) is 0 Å². The molecule has 0 saturated carbocycles. The van der Waals surface area contributed by atoms with Crippen LogP contribution in [0.25, 0.3) is 0 Å². The molecule has 3 heteroatoms. The van der Waals surface area contributed by atoms with Crippen LogP contribution in [0.2, 0.25) is 0 Å². The molecule has 0 aromatic carbocycles. The minimum Gasteiger partial charge on any atom is -0.341 e. The van der Waals surface area contributed by atoms with E-state index in [4.69, 9.17) is 0 Å². The molecule has 0 bridgehead atoms. The fraction of sp³-hybridized carbons (Fsp3) is 0.933. The topological polar surface area (TPSA) is 32.3 Å². The van der Waals surface area contributed by atoms with E-state index in [0.717, 1.165) is 45.3 Å². The molecule has 3 nitrogen and oxygen atoms in total. The van der Waals surface area contributed by atoms with Gasteiger partial charge in [0.05, 0.1) is 0 Å². The van der Waals surface area contributed by atoms with Gasteiger partial charge in [-0.15, -0.1) is 0 Å². The van der Waals surface area contributed by atoms with Gasteiger partial charge in [-0.2, -0.15) is 0 Å². The first-order valence-corrected chi connectivity index (χ1v) is 7.79. The molecule has 1 aliphatic heterocycles. The van der Waals surface area contributed by atoms with E-state index in [0.29, 0.717) is 11.9 Å². The molecular weight excluding hydrogens is 224 g/mol. The summed E-state index contributed by atoms with van der Waals surface area (Å²) in [4.78, 5) is 14.3. The molecule has 106 valence electrons. The van der Waals surface area contributed by atoms with Gasteiger partial charge in [0.15, 0.2) is 0 Å². The third-order valence-electron chi connectivity index (χ3n) is 3.73. The maximum atomic E-state index is 12.2. The third-order valence-corrected chi connectivity index (χ3v) is 3.73. The summed E-state index contributed by atoms with van der Waals surface area (Å²) in [6, 6.07) is 0.539. The highest BCUT2D eigenvalue weighted by Gasteiger charge is 2.20. The number of hydrogen-bond acceptors (Lipinski definition) is 2. The fourth-order valence-corrected chi connectivity index (χ4v) is 2.53. The maximum Gasteiger partial charge on any atom is 0.222 e. The van der Waals surface area contributed by atoms with E-state index in [1.165, 1.54) is 25.7 Å². The Morgan fingerprint density at radius 2 is 2.00 bits per heavy atom. The Hall–Kier alpha value is -0.570. The first-order chi connectivity index (χ1) is 8.77. The zero-order valence-electron chi connectivity index (χ0n) is 12.2. The first kappa shape index (κ1) is 15.5. The van der Waals surface area contributed by atoms with E-state index in [-0.39, 0.29) is 0 Å². The Kier molecular flexibility index (Phi) is 8.06. The average molecular weight is 254 g/mol. The number of nitrogens with zero attached hydrogens (tertiary/aromatic N) is 1. The number of hydrogen-bond donors (Lipinski definition) is 1. The van der Waals surface area contributed by atoms with Crippen LogP contribution >= 0.6 is 0 Å². The number of unbranched alkanes of at least 4 members (excludes halogenated alkanes) is 3. The monoisotopic (exact) mass is 254 g/mol. The van der Waals surface area contributed by atoms with Crippen molar-refractivity contribution in [1.29, 1.82) is 0 Å². The van der Waals surface area contributed by atoms with Gasteiger partial charge in [0.1, 0.15) is 0 Å². The second-order valence-corrected chi connectivity index (χ2v) is 5.44. The summed E-state index contributed by atoms with van der Waals surface area (Å²) < 4.78 is 0. The molecule has 1 unspecified atom stereocenters. The highest BCUT2D eigenvalue weighted by molar-refractivity contribution is 5.76. The zero-order valence-corrected chi connectivity index (χ0v) is 12.2. The number of carbonyl (C=O) groups is 1. The molecule has 0 aromatic heterocycles. The van der Waals surface area contributed by atoms with Gasteiger partial charge in [-0.1, -0.05) is 33.1 Å². The molecule has 1 atom stereocenters. The lowest BCUT2D eigenvalue weighted by Gasteiger charge is -2.26. The van der Waals surface area contributed by atoms with Crippen molar-refractivity contribution in [1.82, 2.24) is 10.2 Å². The molecule has 0 aliphatic carbocycles. The van der Waals surface area contributed by atoms with Gasteiger partial charge >= 0.3 is 0 Å². The largest absolute Gasteiger partial charge is 0.341 e. The van der Waals surface area contributed by atoms with Crippen LogP contribution in [0.5, 0.6) is 0 Å². The van der Waals surface area contributed by atoms with Crippen LogP contribution in [0.1, 0.15) is 65.2 Å². The SMILES string of the molecule is CCCCCC(=O)N(CCCC)CC1CCCN1. The molecule has 1 saturated heterocycles. The molecule has 0 aromatic rings. The minimum absolute atomic E-state index is 0.366. The highest BCUT2D eigenvalue weighted by Crippen LogP contribution is 2.10. The Morgan fingerprint density at radius 3 is 2.61 bits per heavy atom. The Morgan fingerprint density at radius 1 is 1.22 bits per heavy atom. The molecule has 1 N–H and O–H groups in total. The maximum absolute atomic E-state index is 12.2. The van der Waals surface area contributed by atoms with Gasteiger partial charge < -0.3 is 10.2 Å². The zero-order chi connectivity index (χ0) is 13.2. The summed E-state index contributed by atoms with van der Waals surface area (Å²) in [5, 5.41) is 3.49. The smallest absolute Gasteiger partial charge is 0.222 e. The molecule has 1 fully saturated rings. The lowest BCUT2D eigenvalue weighted by Crippen LogP contribution is -2.41. The number of carbonyl (C=O) groups excluding carboxylic acids is 1. The van der Waals surface area contributed by atoms with E-state index >= 15 is 0 Å². The number of nitrogens with one attached hydrogen (secondary N) is 1. The standard InChI is InChI=1S/C15H30N2O/c1-3-5-7-10-15(18)17(12-6-4-2)13-14-9-8-11-16-14/h14,16H,3-13H2,1-2H3. The van der Waals surface area contributed by atoms with Crippen molar-refractivity contribution in [3.63, 3.8) is 0 Å². The summed E-state index contributed by atoms with van der Waals surface area (Å²) in [7, 11) is 0. The Labute approximate surface area is 112 Å². The first-order valence-electron chi connectivity index (χ1n) is 7.79. The van der Waals surface area contributed by atoms with E-state index in [1.54, 1.807) is 0 Å². The van der Waals surface area contributed by atoms with Crippen LogP contribution in [-0.4, -0.2) is 36.5 Å². The van der Waals surface area contributed by atoms with E-state index in [1.807, 2.05) is 0 Å². The van der Waals surface area contributed by atoms with Crippen molar-refractivity contribution in [2.75, 3.05) is 19.6 Å². The number of rotatable bonds is 9.